The van der Waals surface area contributed by atoms with Crippen LogP contribution in [-0.2, 0) is 33.8 Å². The molecule has 0 radical (unpaired) electrons. The molecule has 8 N–H and O–H groups in total. The van der Waals surface area contributed by atoms with E-state index in [4.69, 9.17) is 9.92 Å². The number of Topliss-reactive ketones (excluding diaryl/α,β-unsaturated/α-hetero) is 2. The van der Waals surface area contributed by atoms with E-state index in [9.17, 15) is 62.7 Å². The Kier molecular flexibility index (Phi) is 6.91. The minimum Gasteiger partial charge on any atom is -0.508 e. The molecule has 3 aliphatic carbocycles. The Morgan fingerprint density at radius 3 is 2.39 bits per heavy atom. The predicted molar refractivity (Wildman–Crippen MR) is 132 cm³/mol. The van der Waals surface area contributed by atoms with Crippen molar-refractivity contribution in [3.8, 4) is 5.75 Å². The van der Waals surface area contributed by atoms with Gasteiger partial charge in [0.1, 0.15) is 23.2 Å². The lowest BCUT2D eigenvalue weighted by atomic mass is 9.57. The molecule has 1 fully saturated rings. The summed E-state index contributed by atoms with van der Waals surface area (Å²) in [4.78, 5) is 62.3. The summed E-state index contributed by atoms with van der Waals surface area (Å²) < 4.78 is 38.1. The first-order chi connectivity index (χ1) is 18.9. The Morgan fingerprint density at radius 1 is 1.29 bits per heavy atom. The maximum Gasteiger partial charge on any atom is 0.397 e. The molecule has 0 aliphatic heterocycles. The molecule has 1 aromatic carbocycles. The van der Waals surface area contributed by atoms with Crippen LogP contribution in [0.5, 0.6) is 5.75 Å². The molecule has 18 nitrogen and oxygen atoms in total. The van der Waals surface area contributed by atoms with Crippen molar-refractivity contribution in [2.45, 2.75) is 24.2 Å². The fourth-order valence-electron chi connectivity index (χ4n) is 5.88. The molecule has 0 heterocycles. The van der Waals surface area contributed by atoms with Crippen LogP contribution in [0.15, 0.2) is 23.0 Å². The van der Waals surface area contributed by atoms with Crippen molar-refractivity contribution in [1.82, 2.24) is 4.90 Å². The van der Waals surface area contributed by atoms with Crippen LogP contribution in [0.1, 0.15) is 23.7 Å². The largest absolute Gasteiger partial charge is 0.508 e. The number of likely N-dealkylation sites (N-methyl/N-ethyl adjacent to an activating group) is 1. The highest BCUT2D eigenvalue weighted by Crippen LogP contribution is 2.59. The lowest BCUT2D eigenvalue weighted by Crippen LogP contribution is -2.66. The van der Waals surface area contributed by atoms with Gasteiger partial charge < -0.3 is 31.5 Å². The van der Waals surface area contributed by atoms with Gasteiger partial charge in [-0.1, -0.05) is 0 Å². The highest BCUT2D eigenvalue weighted by Gasteiger charge is 2.66. The van der Waals surface area contributed by atoms with Gasteiger partial charge in [0, 0.05) is 23.5 Å². The number of anilines is 1. The fourth-order valence-corrected chi connectivity index (χ4v) is 6.37. The second-order valence-electron chi connectivity index (χ2n) is 9.71. The van der Waals surface area contributed by atoms with Crippen molar-refractivity contribution < 1.29 is 61.7 Å². The number of primary amides is 1. The Morgan fingerprint density at radius 2 is 1.90 bits per heavy atom. The molecule has 19 heteroatoms. The molecule has 220 valence electrons. The summed E-state index contributed by atoms with van der Waals surface area (Å²) in [5.74, 6) is -11.5. The van der Waals surface area contributed by atoms with Crippen LogP contribution >= 0.6 is 0 Å². The van der Waals surface area contributed by atoms with E-state index in [0.29, 0.717) is 6.07 Å². The summed E-state index contributed by atoms with van der Waals surface area (Å²) >= 11 is 0. The van der Waals surface area contributed by atoms with Crippen molar-refractivity contribution in [3.63, 3.8) is 0 Å². The Bertz CT molecular complexity index is 1610. The van der Waals surface area contributed by atoms with E-state index in [0.717, 1.165) is 4.90 Å². The third-order valence-corrected chi connectivity index (χ3v) is 7.85. The second-order valence-corrected chi connectivity index (χ2v) is 10.8. The van der Waals surface area contributed by atoms with E-state index >= 15 is 0 Å². The monoisotopic (exact) mass is 598 g/mol. The predicted octanol–water partition coefficient (Wildman–Crippen LogP) is -1.24. The Hall–Kier alpha value is -4.43. The van der Waals surface area contributed by atoms with Gasteiger partial charge in [-0.2, -0.15) is 8.42 Å². The number of hydrogen-bond donors (Lipinski definition) is 7. The maximum absolute atomic E-state index is 13.9. The SMILES string of the molecule is CN(C)[C@@H]1C(=O)C(C(N)=O)=C(O)[C@@]2(O)C(=O)C3=C(O)c4c(O)c(NC=O)cc([N+](=O)[O-])c4C(OS(=O)(=O)O)C3CC12. The van der Waals surface area contributed by atoms with Crippen LogP contribution in [-0.4, -0.2) is 92.8 Å². The normalized spacial score (nSPS) is 27.7. The summed E-state index contributed by atoms with van der Waals surface area (Å²) in [6.07, 6.45) is -2.96. The zero-order chi connectivity index (χ0) is 30.9. The number of aliphatic hydroxyl groups excluding tert-OH is 2. The fraction of sp³-hybridized carbons (Fsp3) is 0.364. The van der Waals surface area contributed by atoms with Crippen LogP contribution in [0.25, 0.3) is 5.76 Å². The zero-order valence-electron chi connectivity index (χ0n) is 21.0. The van der Waals surface area contributed by atoms with Crippen molar-refractivity contribution in [2.75, 3.05) is 19.4 Å². The lowest BCUT2D eigenvalue weighted by molar-refractivity contribution is -0.386. The van der Waals surface area contributed by atoms with Gasteiger partial charge in [-0.05, 0) is 20.5 Å². The Balaban J connectivity index is 2.14. The van der Waals surface area contributed by atoms with Gasteiger partial charge in [0.15, 0.2) is 17.1 Å². The molecule has 0 bridgehead atoms. The van der Waals surface area contributed by atoms with Gasteiger partial charge >= 0.3 is 10.4 Å². The number of fused-ring (bicyclic) bond motifs is 3. The highest BCUT2D eigenvalue weighted by molar-refractivity contribution is 7.80. The van der Waals surface area contributed by atoms with Crippen LogP contribution < -0.4 is 11.1 Å². The van der Waals surface area contributed by atoms with Crippen LogP contribution in [0, 0.1) is 22.0 Å². The summed E-state index contributed by atoms with van der Waals surface area (Å²) in [6, 6.07) is -0.968. The standard InChI is InChI=1S/C22H22N4O14S/c1-25(2)14-7-3-6-10(19(31)22(7,34)20(32)13(17(14)30)21(23)33)16(29)12-11(18(6)40-41(37,38)39)9(26(35)36)4-8(15(12)28)24-5-27/h4-7,14,18,28-29,32,34H,3H2,1-2H3,(H2,23,33)(H,24,27)(H,37,38,39)/t6?,7?,14-,18?,22-/m0/s1. The number of aromatic hydroxyl groups is 1. The topological polar surface area (TPSA) is 297 Å². The number of nitrogens with zero attached hydrogens (tertiary/aromatic N) is 2. The van der Waals surface area contributed by atoms with E-state index in [1.165, 1.54) is 14.1 Å². The quantitative estimate of drug-likeness (QED) is 0.0482. The van der Waals surface area contributed by atoms with Crippen LogP contribution in [0.2, 0.25) is 0 Å². The molecule has 41 heavy (non-hydrogen) atoms. The third kappa shape index (κ3) is 4.21. The number of hydrogen-bond acceptors (Lipinski definition) is 14. The van der Waals surface area contributed by atoms with Gasteiger partial charge in [0.25, 0.3) is 11.6 Å². The number of nitro benzene ring substituents is 1. The van der Waals surface area contributed by atoms with Crippen molar-refractivity contribution in [1.29, 1.82) is 0 Å². The number of nitrogens with one attached hydrogen (secondary N) is 1. The number of carbonyl (C=O) groups excluding carboxylic acids is 4. The smallest absolute Gasteiger partial charge is 0.397 e. The van der Waals surface area contributed by atoms with Crippen molar-refractivity contribution in [2.24, 2.45) is 17.6 Å². The number of phenolic OH excluding ortho intramolecular Hbond substituents is 1. The molecule has 4 rings (SSSR count). The summed E-state index contributed by atoms with van der Waals surface area (Å²) in [6.45, 7) is 0. The molecular formula is C22H22N4O14S. The number of nitro groups is 1. The second kappa shape index (κ2) is 9.59. The first-order valence-electron chi connectivity index (χ1n) is 11.4. The molecule has 3 aliphatic rings. The highest BCUT2D eigenvalue weighted by atomic mass is 32.3. The average Bonchev–Trinajstić information content (AvgIpc) is 2.83. The van der Waals surface area contributed by atoms with E-state index in [1.54, 1.807) is 0 Å². The van der Waals surface area contributed by atoms with Gasteiger partial charge in [-0.25, -0.2) is 4.18 Å². The number of benzene rings is 1. The summed E-state index contributed by atoms with van der Waals surface area (Å²) in [5, 5.41) is 58.4. The molecule has 2 amide bonds. The average molecular weight is 598 g/mol. The number of nitrogens with two attached hydrogens (primary N) is 1. The molecule has 1 aromatic rings. The van der Waals surface area contributed by atoms with Crippen LogP contribution in [0.4, 0.5) is 11.4 Å². The molecule has 1 saturated carbocycles. The van der Waals surface area contributed by atoms with Gasteiger partial charge in [0.2, 0.25) is 12.2 Å². The third-order valence-electron chi connectivity index (χ3n) is 7.40. The van der Waals surface area contributed by atoms with Crippen molar-refractivity contribution >= 4 is 51.4 Å². The molecule has 3 unspecified atom stereocenters. The summed E-state index contributed by atoms with van der Waals surface area (Å²) in [7, 11) is -2.88. The van der Waals surface area contributed by atoms with Gasteiger partial charge in [-0.15, -0.1) is 0 Å². The van der Waals surface area contributed by atoms with Gasteiger partial charge in [-0.3, -0.25) is 38.7 Å². The number of aliphatic hydroxyl groups is 3. The molecule has 0 spiro atoms. The van der Waals surface area contributed by atoms with Gasteiger partial charge in [0.05, 0.1) is 27.8 Å². The van der Waals surface area contributed by atoms with E-state index in [-0.39, 0.29) is 6.41 Å². The maximum atomic E-state index is 13.9. The van der Waals surface area contributed by atoms with E-state index in [1.807, 2.05) is 5.32 Å². The molecule has 5 atom stereocenters. The Labute approximate surface area is 229 Å². The number of ketones is 2. The lowest BCUT2D eigenvalue weighted by Gasteiger charge is -2.51. The minimum absolute atomic E-state index is 0.000845. The first kappa shape index (κ1) is 29.6. The first-order valence-corrected chi connectivity index (χ1v) is 12.8. The minimum atomic E-state index is -5.49. The number of carbonyl (C=O) groups is 4. The molecular weight excluding hydrogens is 576 g/mol. The summed E-state index contributed by atoms with van der Waals surface area (Å²) in [5.41, 5.74) is -3.48. The number of amides is 2. The zero-order valence-corrected chi connectivity index (χ0v) is 21.8. The molecule has 0 saturated heterocycles. The van der Waals surface area contributed by atoms with Crippen molar-refractivity contribution in [3.05, 3.63) is 44.2 Å². The number of phenols is 1. The van der Waals surface area contributed by atoms with E-state index < -0.39 is 120 Å². The van der Waals surface area contributed by atoms with Crippen LogP contribution in [0.3, 0.4) is 0 Å². The van der Waals surface area contributed by atoms with E-state index in [2.05, 4.69) is 0 Å². The molecule has 0 aromatic heterocycles. The number of rotatable bonds is 7.